The summed E-state index contributed by atoms with van der Waals surface area (Å²) < 4.78 is 0. The molecule has 3 aromatic carbocycles. The second-order valence-electron chi connectivity index (χ2n) is 6.43. The Morgan fingerprint density at radius 3 is 2.14 bits per heavy atom. The van der Waals surface area contributed by atoms with Crippen LogP contribution in [0.15, 0.2) is 84.9 Å². The fraction of sp³-hybridized carbons (Fsp3) is 0.130. The molecule has 142 valence electrons. The molecule has 0 aliphatic heterocycles. The van der Waals surface area contributed by atoms with E-state index < -0.39 is 6.04 Å². The zero-order valence-corrected chi connectivity index (χ0v) is 15.3. The molecule has 5 heteroatoms. The summed E-state index contributed by atoms with van der Waals surface area (Å²) in [6.45, 7) is -0.109. The van der Waals surface area contributed by atoms with Gasteiger partial charge in [-0.25, -0.2) is 0 Å². The van der Waals surface area contributed by atoms with Crippen LogP contribution in [0.1, 0.15) is 21.5 Å². The standard InChI is InChI=1S/C23H22N2O3/c26-16-18-10-7-13-20(14-18)24-23(28)21(15-17-8-3-1-4-9-17)25-22(27)19-11-5-2-6-12-19/h1-14,21,26H,15-16H2,(H,24,28)(H,25,27)/t21-/m1/s1. The smallest absolute Gasteiger partial charge is 0.251 e. The number of carbonyl (C=O) groups excluding carboxylic acids is 2. The third-order valence-corrected chi connectivity index (χ3v) is 4.32. The quantitative estimate of drug-likeness (QED) is 0.594. The minimum Gasteiger partial charge on any atom is -0.392 e. The Morgan fingerprint density at radius 2 is 1.46 bits per heavy atom. The van der Waals surface area contributed by atoms with E-state index in [-0.39, 0.29) is 18.4 Å². The van der Waals surface area contributed by atoms with Crippen LogP contribution in [0.5, 0.6) is 0 Å². The summed E-state index contributed by atoms with van der Waals surface area (Å²) in [7, 11) is 0. The first-order valence-electron chi connectivity index (χ1n) is 9.06. The van der Waals surface area contributed by atoms with Crippen LogP contribution in [-0.4, -0.2) is 23.0 Å². The topological polar surface area (TPSA) is 78.4 Å². The maximum atomic E-state index is 12.9. The lowest BCUT2D eigenvalue weighted by molar-refractivity contribution is -0.118. The molecule has 0 spiro atoms. The highest BCUT2D eigenvalue weighted by Crippen LogP contribution is 2.13. The van der Waals surface area contributed by atoms with Crippen molar-refractivity contribution in [3.63, 3.8) is 0 Å². The molecule has 0 fully saturated rings. The first-order valence-corrected chi connectivity index (χ1v) is 9.06. The number of amides is 2. The lowest BCUT2D eigenvalue weighted by Crippen LogP contribution is -2.45. The van der Waals surface area contributed by atoms with Crippen molar-refractivity contribution in [3.8, 4) is 0 Å². The maximum Gasteiger partial charge on any atom is 0.251 e. The average Bonchev–Trinajstić information content (AvgIpc) is 2.74. The third-order valence-electron chi connectivity index (χ3n) is 4.32. The minimum absolute atomic E-state index is 0.109. The van der Waals surface area contributed by atoms with Crippen LogP contribution < -0.4 is 10.6 Å². The Bertz CT molecular complexity index is 927. The highest BCUT2D eigenvalue weighted by Gasteiger charge is 2.22. The van der Waals surface area contributed by atoms with Gasteiger partial charge in [-0.1, -0.05) is 60.7 Å². The van der Waals surface area contributed by atoms with Gasteiger partial charge in [0.25, 0.3) is 5.91 Å². The van der Waals surface area contributed by atoms with Gasteiger partial charge in [0, 0.05) is 17.7 Å². The summed E-state index contributed by atoms with van der Waals surface area (Å²) in [6.07, 6.45) is 0.366. The Kier molecular flexibility index (Phi) is 6.54. The zero-order valence-electron chi connectivity index (χ0n) is 15.3. The number of aliphatic hydroxyl groups is 1. The molecule has 3 rings (SSSR count). The first kappa shape index (κ1) is 19.3. The molecule has 0 aromatic heterocycles. The zero-order chi connectivity index (χ0) is 19.8. The molecule has 5 nitrogen and oxygen atoms in total. The van der Waals surface area contributed by atoms with Crippen molar-refractivity contribution in [1.82, 2.24) is 5.32 Å². The molecule has 0 heterocycles. The number of nitrogens with one attached hydrogen (secondary N) is 2. The SMILES string of the molecule is O=C(N[C@H](Cc1ccccc1)C(=O)Nc1cccc(CO)c1)c1ccccc1. The van der Waals surface area contributed by atoms with Gasteiger partial charge in [0.1, 0.15) is 6.04 Å². The molecule has 1 atom stereocenters. The van der Waals surface area contributed by atoms with Gasteiger partial charge in [0.15, 0.2) is 0 Å². The predicted molar refractivity (Wildman–Crippen MR) is 109 cm³/mol. The second-order valence-corrected chi connectivity index (χ2v) is 6.43. The largest absolute Gasteiger partial charge is 0.392 e. The van der Waals surface area contributed by atoms with Gasteiger partial charge in [-0.3, -0.25) is 9.59 Å². The molecule has 0 aliphatic rings. The molecule has 3 N–H and O–H groups in total. The molecule has 0 saturated heterocycles. The number of carbonyl (C=O) groups is 2. The Balaban J connectivity index is 1.78. The summed E-state index contributed by atoms with van der Waals surface area (Å²) in [5.41, 5.74) is 2.71. The molecular weight excluding hydrogens is 352 g/mol. The number of rotatable bonds is 7. The lowest BCUT2D eigenvalue weighted by Gasteiger charge is -2.19. The second kappa shape index (κ2) is 9.48. The average molecular weight is 374 g/mol. The fourth-order valence-corrected chi connectivity index (χ4v) is 2.87. The van der Waals surface area contributed by atoms with Crippen molar-refractivity contribution in [2.45, 2.75) is 19.1 Å². The molecule has 3 aromatic rings. The van der Waals surface area contributed by atoms with Crippen molar-refractivity contribution in [3.05, 3.63) is 102 Å². The van der Waals surface area contributed by atoms with Crippen LogP contribution in [0.3, 0.4) is 0 Å². The number of benzene rings is 3. The minimum atomic E-state index is -0.743. The fourth-order valence-electron chi connectivity index (χ4n) is 2.87. The van der Waals surface area contributed by atoms with E-state index in [0.29, 0.717) is 23.2 Å². The molecule has 0 bridgehead atoms. The van der Waals surface area contributed by atoms with Crippen LogP contribution >= 0.6 is 0 Å². The summed E-state index contributed by atoms with van der Waals surface area (Å²) in [5.74, 6) is -0.621. The molecule has 0 radical (unpaired) electrons. The molecular formula is C23H22N2O3. The molecule has 0 unspecified atom stereocenters. The van der Waals surface area contributed by atoms with Gasteiger partial charge < -0.3 is 15.7 Å². The van der Waals surface area contributed by atoms with Crippen molar-refractivity contribution in [1.29, 1.82) is 0 Å². The van der Waals surface area contributed by atoms with E-state index in [1.807, 2.05) is 36.4 Å². The van der Waals surface area contributed by atoms with E-state index in [1.54, 1.807) is 48.5 Å². The molecule has 0 saturated carbocycles. The Labute approximate surface area is 164 Å². The van der Waals surface area contributed by atoms with Crippen LogP contribution in [-0.2, 0) is 17.8 Å². The van der Waals surface area contributed by atoms with Gasteiger partial charge in [0.05, 0.1) is 6.61 Å². The molecule has 0 aliphatic carbocycles. The van der Waals surface area contributed by atoms with Crippen molar-refractivity contribution >= 4 is 17.5 Å². The van der Waals surface area contributed by atoms with E-state index in [0.717, 1.165) is 5.56 Å². The van der Waals surface area contributed by atoms with Gasteiger partial charge in [0.2, 0.25) is 5.91 Å². The van der Waals surface area contributed by atoms with Crippen molar-refractivity contribution < 1.29 is 14.7 Å². The summed E-state index contributed by atoms with van der Waals surface area (Å²) >= 11 is 0. The van der Waals surface area contributed by atoms with Gasteiger partial charge >= 0.3 is 0 Å². The third kappa shape index (κ3) is 5.28. The highest BCUT2D eigenvalue weighted by molar-refractivity contribution is 6.01. The number of hydrogen-bond donors (Lipinski definition) is 3. The summed E-state index contributed by atoms with van der Waals surface area (Å²) in [6, 6.07) is 24.6. The van der Waals surface area contributed by atoms with Crippen molar-refractivity contribution in [2.75, 3.05) is 5.32 Å². The van der Waals surface area contributed by atoms with E-state index in [9.17, 15) is 14.7 Å². The van der Waals surface area contributed by atoms with Crippen LogP contribution in [0.2, 0.25) is 0 Å². The van der Waals surface area contributed by atoms with E-state index in [4.69, 9.17) is 0 Å². The van der Waals surface area contributed by atoms with Crippen LogP contribution in [0.25, 0.3) is 0 Å². The number of anilines is 1. The number of aliphatic hydroxyl groups excluding tert-OH is 1. The molecule has 28 heavy (non-hydrogen) atoms. The van der Waals surface area contributed by atoms with Crippen LogP contribution in [0.4, 0.5) is 5.69 Å². The lowest BCUT2D eigenvalue weighted by atomic mass is 10.0. The predicted octanol–water partition coefficient (Wildman–Crippen LogP) is 3.16. The van der Waals surface area contributed by atoms with E-state index in [2.05, 4.69) is 10.6 Å². The molecule has 2 amide bonds. The Hall–Kier alpha value is -3.44. The normalized spacial score (nSPS) is 11.5. The maximum absolute atomic E-state index is 12.9. The summed E-state index contributed by atoms with van der Waals surface area (Å²) in [4.78, 5) is 25.5. The Morgan fingerprint density at radius 1 is 0.821 bits per heavy atom. The number of hydrogen-bond acceptors (Lipinski definition) is 3. The van der Waals surface area contributed by atoms with Crippen LogP contribution in [0, 0.1) is 0 Å². The van der Waals surface area contributed by atoms with E-state index in [1.165, 1.54) is 0 Å². The van der Waals surface area contributed by atoms with Gasteiger partial charge in [-0.15, -0.1) is 0 Å². The monoisotopic (exact) mass is 374 g/mol. The first-order chi connectivity index (χ1) is 13.7. The highest BCUT2D eigenvalue weighted by atomic mass is 16.3. The van der Waals surface area contributed by atoms with Gasteiger partial charge in [-0.2, -0.15) is 0 Å². The van der Waals surface area contributed by atoms with E-state index >= 15 is 0 Å². The summed E-state index contributed by atoms with van der Waals surface area (Å²) in [5, 5.41) is 14.9. The van der Waals surface area contributed by atoms with Gasteiger partial charge in [-0.05, 0) is 35.4 Å². The van der Waals surface area contributed by atoms with Crippen molar-refractivity contribution in [2.24, 2.45) is 0 Å².